The predicted octanol–water partition coefficient (Wildman–Crippen LogP) is 4.06. The number of nitrogens with one attached hydrogen (secondary N) is 1. The average Bonchev–Trinajstić information content (AvgIpc) is 2.40. The number of benzene rings is 2. The van der Waals surface area contributed by atoms with Crippen LogP contribution >= 0.6 is 11.6 Å². The van der Waals surface area contributed by atoms with Crippen LogP contribution in [0.3, 0.4) is 0 Å². The first-order valence-corrected chi connectivity index (χ1v) is 6.54. The van der Waals surface area contributed by atoms with Crippen molar-refractivity contribution in [3.8, 4) is 5.75 Å². The Hall–Kier alpha value is -2.27. The number of phenols is 1. The summed E-state index contributed by atoms with van der Waals surface area (Å²) in [6, 6.07) is 7.94. The van der Waals surface area contributed by atoms with Gasteiger partial charge >= 0.3 is 5.97 Å². The van der Waals surface area contributed by atoms with Gasteiger partial charge in [0.2, 0.25) is 0 Å². The van der Waals surface area contributed by atoms with Crippen molar-refractivity contribution in [2.24, 2.45) is 0 Å². The molecule has 0 radical (unpaired) electrons. The molecule has 0 saturated carbocycles. The monoisotopic (exact) mass is 309 g/mol. The quantitative estimate of drug-likeness (QED) is 0.796. The van der Waals surface area contributed by atoms with Crippen LogP contribution in [0, 0.1) is 5.82 Å². The highest BCUT2D eigenvalue weighted by Crippen LogP contribution is 2.26. The number of halogens is 2. The highest BCUT2D eigenvalue weighted by molar-refractivity contribution is 6.33. The van der Waals surface area contributed by atoms with Crippen LogP contribution < -0.4 is 5.32 Å². The number of aromatic hydroxyl groups is 1. The molecule has 2 aromatic rings. The summed E-state index contributed by atoms with van der Waals surface area (Å²) in [6.07, 6.45) is 0. The van der Waals surface area contributed by atoms with Crippen LogP contribution in [0.25, 0.3) is 0 Å². The summed E-state index contributed by atoms with van der Waals surface area (Å²) in [5.41, 5.74) is 0.844. The normalized spacial score (nSPS) is 12.0. The molecule has 1 unspecified atom stereocenters. The van der Waals surface area contributed by atoms with Crippen LogP contribution in [0.5, 0.6) is 5.75 Å². The summed E-state index contributed by atoms with van der Waals surface area (Å²) < 4.78 is 13.8. The Morgan fingerprint density at radius 1 is 1.29 bits per heavy atom. The lowest BCUT2D eigenvalue weighted by atomic mass is 10.1. The zero-order chi connectivity index (χ0) is 15.6. The largest absolute Gasteiger partial charge is 0.508 e. The van der Waals surface area contributed by atoms with E-state index in [4.69, 9.17) is 16.7 Å². The number of anilines is 1. The third-order valence-corrected chi connectivity index (χ3v) is 3.36. The molecule has 1 atom stereocenters. The molecule has 0 aliphatic heterocycles. The minimum atomic E-state index is -1.13. The van der Waals surface area contributed by atoms with E-state index in [1.54, 1.807) is 13.0 Å². The lowest BCUT2D eigenvalue weighted by molar-refractivity contribution is 0.0697. The zero-order valence-electron chi connectivity index (χ0n) is 11.1. The topological polar surface area (TPSA) is 69.6 Å². The van der Waals surface area contributed by atoms with Crippen molar-refractivity contribution in [2.75, 3.05) is 5.32 Å². The Balaban J connectivity index is 2.25. The van der Waals surface area contributed by atoms with Gasteiger partial charge in [0.05, 0.1) is 16.6 Å². The third-order valence-electron chi connectivity index (χ3n) is 3.03. The van der Waals surface area contributed by atoms with Crippen molar-refractivity contribution < 1.29 is 19.4 Å². The van der Waals surface area contributed by atoms with Gasteiger partial charge in [0, 0.05) is 17.3 Å². The molecule has 0 aromatic heterocycles. The Bertz CT molecular complexity index is 691. The number of rotatable bonds is 4. The van der Waals surface area contributed by atoms with Gasteiger partial charge in [-0.1, -0.05) is 17.7 Å². The van der Waals surface area contributed by atoms with E-state index in [1.807, 2.05) is 0 Å². The number of hydrogen-bond acceptors (Lipinski definition) is 3. The second-order valence-electron chi connectivity index (χ2n) is 4.57. The molecule has 2 aromatic carbocycles. The third kappa shape index (κ3) is 3.44. The van der Waals surface area contributed by atoms with Crippen LogP contribution in [0.15, 0.2) is 36.4 Å². The van der Waals surface area contributed by atoms with Gasteiger partial charge in [0.15, 0.2) is 0 Å². The van der Waals surface area contributed by atoms with Crippen LogP contribution in [0.2, 0.25) is 5.02 Å². The maximum atomic E-state index is 13.8. The Labute approximate surface area is 125 Å². The molecule has 6 heteroatoms. The molecule has 0 aliphatic rings. The molecule has 0 aliphatic carbocycles. The number of phenolic OH excluding ortho intramolecular Hbond substituents is 1. The fourth-order valence-electron chi connectivity index (χ4n) is 1.97. The second-order valence-corrected chi connectivity index (χ2v) is 4.98. The fraction of sp³-hybridized carbons (Fsp3) is 0.133. The predicted molar refractivity (Wildman–Crippen MR) is 78.5 cm³/mol. The van der Waals surface area contributed by atoms with Crippen molar-refractivity contribution >= 4 is 23.3 Å². The average molecular weight is 310 g/mol. The Morgan fingerprint density at radius 3 is 2.62 bits per heavy atom. The number of carbonyl (C=O) groups is 1. The molecule has 0 amide bonds. The van der Waals surface area contributed by atoms with E-state index >= 15 is 0 Å². The minimum Gasteiger partial charge on any atom is -0.508 e. The second kappa shape index (κ2) is 6.01. The van der Waals surface area contributed by atoms with E-state index in [0.29, 0.717) is 11.3 Å². The van der Waals surface area contributed by atoms with Crippen molar-refractivity contribution in [3.63, 3.8) is 0 Å². The molecular formula is C15H13ClFNO3. The van der Waals surface area contributed by atoms with Gasteiger partial charge in [-0.05, 0) is 31.2 Å². The SMILES string of the molecule is CC(Nc1ccc(Cl)c(C(=O)O)c1)c1ccc(O)cc1F. The van der Waals surface area contributed by atoms with E-state index in [9.17, 15) is 14.3 Å². The zero-order valence-corrected chi connectivity index (χ0v) is 11.9. The van der Waals surface area contributed by atoms with Crippen LogP contribution in [0.1, 0.15) is 28.9 Å². The molecule has 0 saturated heterocycles. The standard InChI is InChI=1S/C15H13ClFNO3/c1-8(11-4-3-10(19)7-14(11)17)18-9-2-5-13(16)12(6-9)15(20)21/h2-8,18-19H,1H3,(H,20,21). The van der Waals surface area contributed by atoms with Gasteiger partial charge < -0.3 is 15.5 Å². The Morgan fingerprint density at radius 2 is 2.00 bits per heavy atom. The number of hydrogen-bond donors (Lipinski definition) is 3. The highest BCUT2D eigenvalue weighted by Gasteiger charge is 2.14. The molecule has 2 rings (SSSR count). The van der Waals surface area contributed by atoms with E-state index < -0.39 is 17.8 Å². The summed E-state index contributed by atoms with van der Waals surface area (Å²) >= 11 is 5.79. The molecule has 0 heterocycles. The van der Waals surface area contributed by atoms with Crippen molar-refractivity contribution in [3.05, 3.63) is 58.4 Å². The highest BCUT2D eigenvalue weighted by atomic mass is 35.5. The van der Waals surface area contributed by atoms with Gasteiger partial charge in [0.1, 0.15) is 11.6 Å². The summed E-state index contributed by atoms with van der Waals surface area (Å²) in [5, 5.41) is 21.3. The number of carboxylic acid groups (broad SMARTS) is 1. The van der Waals surface area contributed by atoms with E-state index in [0.717, 1.165) is 6.07 Å². The van der Waals surface area contributed by atoms with E-state index in [1.165, 1.54) is 24.3 Å². The number of carboxylic acids is 1. The summed E-state index contributed by atoms with van der Waals surface area (Å²) in [5.74, 6) is -1.82. The summed E-state index contributed by atoms with van der Waals surface area (Å²) in [7, 11) is 0. The van der Waals surface area contributed by atoms with Crippen molar-refractivity contribution in [2.45, 2.75) is 13.0 Å². The molecule has 0 bridgehead atoms. The van der Waals surface area contributed by atoms with E-state index in [2.05, 4.69) is 5.32 Å². The first kappa shape index (κ1) is 15.1. The fourth-order valence-corrected chi connectivity index (χ4v) is 2.17. The molecule has 0 spiro atoms. The lowest BCUT2D eigenvalue weighted by Crippen LogP contribution is -2.09. The van der Waals surface area contributed by atoms with Gasteiger partial charge in [0.25, 0.3) is 0 Å². The molecular weight excluding hydrogens is 297 g/mol. The van der Waals surface area contributed by atoms with Gasteiger partial charge in [-0.25, -0.2) is 9.18 Å². The number of aromatic carboxylic acids is 1. The van der Waals surface area contributed by atoms with Gasteiger partial charge in [-0.15, -0.1) is 0 Å². The summed E-state index contributed by atoms with van der Waals surface area (Å²) in [6.45, 7) is 1.73. The molecule has 4 nitrogen and oxygen atoms in total. The van der Waals surface area contributed by atoms with Crippen LogP contribution in [-0.4, -0.2) is 16.2 Å². The maximum Gasteiger partial charge on any atom is 0.337 e. The van der Waals surface area contributed by atoms with Crippen molar-refractivity contribution in [1.82, 2.24) is 0 Å². The van der Waals surface area contributed by atoms with E-state index in [-0.39, 0.29) is 16.3 Å². The Kier molecular flexibility index (Phi) is 4.33. The molecule has 0 fully saturated rings. The van der Waals surface area contributed by atoms with Crippen molar-refractivity contribution in [1.29, 1.82) is 0 Å². The smallest absolute Gasteiger partial charge is 0.337 e. The first-order chi connectivity index (χ1) is 9.88. The minimum absolute atomic E-state index is 0.0277. The van der Waals surface area contributed by atoms with Crippen LogP contribution in [0.4, 0.5) is 10.1 Å². The molecule has 3 N–H and O–H groups in total. The summed E-state index contributed by atoms with van der Waals surface area (Å²) in [4.78, 5) is 11.0. The maximum absolute atomic E-state index is 13.8. The first-order valence-electron chi connectivity index (χ1n) is 6.16. The lowest BCUT2D eigenvalue weighted by Gasteiger charge is -2.17. The molecule has 110 valence electrons. The molecule has 21 heavy (non-hydrogen) atoms. The van der Waals surface area contributed by atoms with Gasteiger partial charge in [-0.2, -0.15) is 0 Å². The van der Waals surface area contributed by atoms with Crippen LogP contribution in [-0.2, 0) is 0 Å². The van der Waals surface area contributed by atoms with Gasteiger partial charge in [-0.3, -0.25) is 0 Å².